The van der Waals surface area contributed by atoms with Crippen molar-refractivity contribution in [1.82, 2.24) is 14.9 Å². The largest absolute Gasteiger partial charge is 0.356 e. The zero-order valence-electron chi connectivity index (χ0n) is 12.2. The second kappa shape index (κ2) is 8.86. The van der Waals surface area contributed by atoms with Gasteiger partial charge in [0, 0.05) is 50.1 Å². The standard InChI is InChI=1S/C12H25N3O3S2/c1-3-15(20(2,17)18)7-4-5-14-12(16)9-11-10-19-8-6-13-11/h11,13H,3-10H2,1-2H3,(H,14,16). The maximum Gasteiger partial charge on any atom is 0.221 e. The predicted molar refractivity (Wildman–Crippen MR) is 83.5 cm³/mol. The zero-order valence-corrected chi connectivity index (χ0v) is 13.9. The topological polar surface area (TPSA) is 78.5 Å². The molecule has 0 spiro atoms. The van der Waals surface area contributed by atoms with Crippen LogP contribution in [0.5, 0.6) is 0 Å². The first-order valence-electron chi connectivity index (χ1n) is 6.96. The quantitative estimate of drug-likeness (QED) is 0.608. The van der Waals surface area contributed by atoms with Crippen LogP contribution in [0.15, 0.2) is 0 Å². The molecule has 0 aromatic rings. The lowest BCUT2D eigenvalue weighted by Gasteiger charge is -2.22. The van der Waals surface area contributed by atoms with E-state index in [9.17, 15) is 13.2 Å². The van der Waals surface area contributed by atoms with E-state index in [1.54, 1.807) is 0 Å². The molecule has 1 rings (SSSR count). The normalized spacial score (nSPS) is 20.1. The number of hydrogen-bond donors (Lipinski definition) is 2. The molecule has 1 aliphatic rings. The van der Waals surface area contributed by atoms with Gasteiger partial charge in [0.2, 0.25) is 15.9 Å². The molecular weight excluding hydrogens is 298 g/mol. The van der Waals surface area contributed by atoms with Crippen molar-refractivity contribution in [3.05, 3.63) is 0 Å². The van der Waals surface area contributed by atoms with E-state index < -0.39 is 10.0 Å². The Kier molecular flexibility index (Phi) is 7.86. The summed E-state index contributed by atoms with van der Waals surface area (Å²) >= 11 is 1.87. The molecule has 6 nitrogen and oxygen atoms in total. The van der Waals surface area contributed by atoms with Crippen LogP contribution in [-0.2, 0) is 14.8 Å². The van der Waals surface area contributed by atoms with E-state index in [2.05, 4.69) is 10.6 Å². The first kappa shape index (κ1) is 17.7. The summed E-state index contributed by atoms with van der Waals surface area (Å²) in [7, 11) is -3.13. The molecule has 1 atom stereocenters. The average Bonchev–Trinajstić information content (AvgIpc) is 2.38. The highest BCUT2D eigenvalue weighted by molar-refractivity contribution is 7.99. The third-order valence-electron chi connectivity index (χ3n) is 3.16. The summed E-state index contributed by atoms with van der Waals surface area (Å²) in [6.07, 6.45) is 2.34. The van der Waals surface area contributed by atoms with Gasteiger partial charge in [-0.05, 0) is 6.42 Å². The molecule has 8 heteroatoms. The summed E-state index contributed by atoms with van der Waals surface area (Å²) in [6, 6.07) is 0.261. The molecule has 1 heterocycles. The summed E-state index contributed by atoms with van der Waals surface area (Å²) in [5.74, 6) is 2.12. The van der Waals surface area contributed by atoms with Gasteiger partial charge in [-0.1, -0.05) is 6.92 Å². The Morgan fingerprint density at radius 2 is 2.25 bits per heavy atom. The van der Waals surface area contributed by atoms with Crippen LogP contribution in [0.2, 0.25) is 0 Å². The Balaban J connectivity index is 2.15. The number of thioether (sulfide) groups is 1. The molecular formula is C12H25N3O3S2. The van der Waals surface area contributed by atoms with Gasteiger partial charge < -0.3 is 10.6 Å². The first-order chi connectivity index (χ1) is 9.43. The monoisotopic (exact) mass is 323 g/mol. The molecule has 2 N–H and O–H groups in total. The summed E-state index contributed by atoms with van der Waals surface area (Å²) in [4.78, 5) is 11.7. The molecule has 1 aliphatic heterocycles. The fourth-order valence-corrected chi connectivity index (χ4v) is 3.97. The number of carbonyl (C=O) groups is 1. The van der Waals surface area contributed by atoms with Crippen LogP contribution < -0.4 is 10.6 Å². The lowest BCUT2D eigenvalue weighted by Crippen LogP contribution is -2.41. The number of carbonyl (C=O) groups excluding carboxylic acids is 1. The highest BCUT2D eigenvalue weighted by Crippen LogP contribution is 2.09. The van der Waals surface area contributed by atoms with E-state index in [1.165, 1.54) is 10.6 Å². The number of nitrogens with one attached hydrogen (secondary N) is 2. The highest BCUT2D eigenvalue weighted by Gasteiger charge is 2.17. The SMILES string of the molecule is CCN(CCCNC(=O)CC1CSCCN1)S(C)(=O)=O. The van der Waals surface area contributed by atoms with Gasteiger partial charge in [0.25, 0.3) is 0 Å². The zero-order chi connectivity index (χ0) is 15.0. The van der Waals surface area contributed by atoms with Crippen molar-refractivity contribution in [3.8, 4) is 0 Å². The number of amides is 1. The third-order valence-corrected chi connectivity index (χ3v) is 5.67. The molecule has 0 aromatic carbocycles. The lowest BCUT2D eigenvalue weighted by atomic mass is 10.2. The summed E-state index contributed by atoms with van der Waals surface area (Å²) < 4.78 is 24.2. The highest BCUT2D eigenvalue weighted by atomic mass is 32.2. The van der Waals surface area contributed by atoms with Crippen molar-refractivity contribution >= 4 is 27.7 Å². The van der Waals surface area contributed by atoms with E-state index in [0.29, 0.717) is 32.5 Å². The Hall–Kier alpha value is -0.310. The second-order valence-electron chi connectivity index (χ2n) is 4.89. The van der Waals surface area contributed by atoms with E-state index in [4.69, 9.17) is 0 Å². The predicted octanol–water partition coefficient (Wildman–Crippen LogP) is -0.131. The van der Waals surface area contributed by atoms with Crippen molar-refractivity contribution in [2.24, 2.45) is 0 Å². The van der Waals surface area contributed by atoms with Gasteiger partial charge in [-0.15, -0.1) is 0 Å². The average molecular weight is 323 g/mol. The molecule has 0 aliphatic carbocycles. The minimum absolute atomic E-state index is 0.0346. The molecule has 118 valence electrons. The molecule has 0 aromatic heterocycles. The van der Waals surface area contributed by atoms with Crippen molar-refractivity contribution in [1.29, 1.82) is 0 Å². The minimum Gasteiger partial charge on any atom is -0.356 e. The molecule has 0 radical (unpaired) electrons. The fraction of sp³-hybridized carbons (Fsp3) is 0.917. The van der Waals surface area contributed by atoms with E-state index in [-0.39, 0.29) is 11.9 Å². The second-order valence-corrected chi connectivity index (χ2v) is 8.02. The molecule has 1 saturated heterocycles. The summed E-state index contributed by atoms with van der Waals surface area (Å²) in [5, 5.41) is 6.17. The van der Waals surface area contributed by atoms with Gasteiger partial charge >= 0.3 is 0 Å². The summed E-state index contributed by atoms with van der Waals surface area (Å²) in [6.45, 7) is 4.21. The maximum atomic E-state index is 11.7. The van der Waals surface area contributed by atoms with Crippen LogP contribution in [-0.4, -0.2) is 68.6 Å². The molecule has 1 fully saturated rings. The minimum atomic E-state index is -3.13. The molecule has 1 unspecified atom stereocenters. The molecule has 20 heavy (non-hydrogen) atoms. The van der Waals surface area contributed by atoms with Crippen LogP contribution in [0.25, 0.3) is 0 Å². The van der Waals surface area contributed by atoms with E-state index in [1.807, 2.05) is 18.7 Å². The number of hydrogen-bond acceptors (Lipinski definition) is 5. The third kappa shape index (κ3) is 6.92. The Morgan fingerprint density at radius 1 is 1.50 bits per heavy atom. The number of nitrogens with zero attached hydrogens (tertiary/aromatic N) is 1. The van der Waals surface area contributed by atoms with Crippen molar-refractivity contribution < 1.29 is 13.2 Å². The van der Waals surface area contributed by atoms with Crippen molar-refractivity contribution in [2.75, 3.05) is 43.9 Å². The molecule has 0 saturated carbocycles. The molecule has 1 amide bonds. The van der Waals surface area contributed by atoms with Crippen LogP contribution in [0.3, 0.4) is 0 Å². The smallest absolute Gasteiger partial charge is 0.221 e. The fourth-order valence-electron chi connectivity index (χ4n) is 2.09. The van der Waals surface area contributed by atoms with Gasteiger partial charge in [0.15, 0.2) is 0 Å². The Bertz CT molecular complexity index is 395. The Morgan fingerprint density at radius 3 is 2.80 bits per heavy atom. The van der Waals surface area contributed by atoms with Crippen LogP contribution in [0.1, 0.15) is 19.8 Å². The maximum absolute atomic E-state index is 11.7. The van der Waals surface area contributed by atoms with Gasteiger partial charge in [-0.2, -0.15) is 11.8 Å². The van der Waals surface area contributed by atoms with Crippen molar-refractivity contribution in [3.63, 3.8) is 0 Å². The van der Waals surface area contributed by atoms with Crippen LogP contribution in [0, 0.1) is 0 Å². The molecule has 0 bridgehead atoms. The number of rotatable bonds is 8. The lowest BCUT2D eigenvalue weighted by molar-refractivity contribution is -0.121. The summed E-state index contributed by atoms with van der Waals surface area (Å²) in [5.41, 5.74) is 0. The van der Waals surface area contributed by atoms with Gasteiger partial charge in [0.1, 0.15) is 0 Å². The Labute approximate surface area is 126 Å². The van der Waals surface area contributed by atoms with Gasteiger partial charge in [-0.3, -0.25) is 4.79 Å². The van der Waals surface area contributed by atoms with Gasteiger partial charge in [0.05, 0.1) is 6.26 Å². The van der Waals surface area contributed by atoms with Crippen LogP contribution in [0.4, 0.5) is 0 Å². The van der Waals surface area contributed by atoms with Crippen molar-refractivity contribution in [2.45, 2.75) is 25.8 Å². The van der Waals surface area contributed by atoms with Crippen LogP contribution >= 0.6 is 11.8 Å². The van der Waals surface area contributed by atoms with E-state index in [0.717, 1.165) is 18.1 Å². The number of sulfonamides is 1. The van der Waals surface area contributed by atoms with E-state index >= 15 is 0 Å². The van der Waals surface area contributed by atoms with Gasteiger partial charge in [-0.25, -0.2) is 12.7 Å². The first-order valence-corrected chi connectivity index (χ1v) is 9.96.